The Balaban J connectivity index is 2.13. The topological polar surface area (TPSA) is 75.2 Å². The summed E-state index contributed by atoms with van der Waals surface area (Å²) in [6, 6.07) is 1.71. The Labute approximate surface area is 84.5 Å². The maximum absolute atomic E-state index is 10.9. The van der Waals surface area contributed by atoms with E-state index in [2.05, 4.69) is 9.97 Å². The second kappa shape index (κ2) is 4.12. The van der Waals surface area contributed by atoms with Crippen LogP contribution in [0.1, 0.15) is 11.8 Å². The number of aliphatic hydroxyl groups is 1. The van der Waals surface area contributed by atoms with Crippen LogP contribution in [0, 0.1) is 0 Å². The second-order valence-electron chi connectivity index (χ2n) is 2.90. The summed E-state index contributed by atoms with van der Waals surface area (Å²) in [6.45, 7) is -0.00349. The molecule has 0 bridgehead atoms. The Morgan fingerprint density at radius 3 is 3.29 bits per heavy atom. The molecule has 0 radical (unpaired) electrons. The third kappa shape index (κ3) is 1.97. The normalized spacial score (nSPS) is 26.6. The molecule has 5 nitrogen and oxygen atoms in total. The first-order valence-corrected chi connectivity index (χ1v) is 5.27. The van der Waals surface area contributed by atoms with Crippen LogP contribution in [0.5, 0.6) is 0 Å². The summed E-state index contributed by atoms with van der Waals surface area (Å²) in [5, 5.41) is 8.86. The zero-order valence-corrected chi connectivity index (χ0v) is 8.16. The number of rotatable bonds is 2. The van der Waals surface area contributed by atoms with Gasteiger partial charge in [0.15, 0.2) is 0 Å². The van der Waals surface area contributed by atoms with Gasteiger partial charge in [0.25, 0.3) is 0 Å². The Morgan fingerprint density at radius 1 is 1.79 bits per heavy atom. The molecule has 0 unspecified atom stereocenters. The van der Waals surface area contributed by atoms with E-state index >= 15 is 0 Å². The van der Waals surface area contributed by atoms with E-state index in [1.54, 1.807) is 6.07 Å². The van der Waals surface area contributed by atoms with E-state index in [9.17, 15) is 4.79 Å². The summed E-state index contributed by atoms with van der Waals surface area (Å²) in [4.78, 5) is 17.1. The summed E-state index contributed by atoms with van der Waals surface area (Å²) >= 11 is 1.54. The van der Waals surface area contributed by atoms with Crippen LogP contribution in [0.15, 0.2) is 17.1 Å². The smallest absolute Gasteiger partial charge is 0.345 e. The zero-order valence-electron chi connectivity index (χ0n) is 7.34. The monoisotopic (exact) mass is 214 g/mol. The second-order valence-corrected chi connectivity index (χ2v) is 4.09. The highest BCUT2D eigenvalue weighted by molar-refractivity contribution is 8.00. The van der Waals surface area contributed by atoms with Crippen LogP contribution in [0.25, 0.3) is 0 Å². The lowest BCUT2D eigenvalue weighted by Crippen LogP contribution is -2.16. The van der Waals surface area contributed by atoms with Crippen molar-refractivity contribution in [2.45, 2.75) is 11.5 Å². The van der Waals surface area contributed by atoms with Gasteiger partial charge in [-0.1, -0.05) is 0 Å². The SMILES string of the molecule is O=c1nccc([C@H]2CS[C@H](CO)O2)[nH]1. The van der Waals surface area contributed by atoms with E-state index in [-0.39, 0.29) is 23.8 Å². The summed E-state index contributed by atoms with van der Waals surface area (Å²) in [6.07, 6.45) is 1.31. The Morgan fingerprint density at radius 2 is 2.64 bits per heavy atom. The molecule has 0 amide bonds. The first-order valence-electron chi connectivity index (χ1n) is 4.23. The molecular weight excluding hydrogens is 204 g/mol. The first-order chi connectivity index (χ1) is 6.79. The van der Waals surface area contributed by atoms with Gasteiger partial charge in [-0.2, -0.15) is 0 Å². The molecule has 1 aromatic heterocycles. The average Bonchev–Trinajstić information content (AvgIpc) is 2.66. The fourth-order valence-electron chi connectivity index (χ4n) is 1.29. The Hall–Kier alpha value is -0.850. The number of aromatic nitrogens is 2. The minimum absolute atomic E-state index is 0.00349. The van der Waals surface area contributed by atoms with Crippen molar-refractivity contribution in [2.24, 2.45) is 0 Å². The summed E-state index contributed by atoms with van der Waals surface area (Å²) in [5.41, 5.74) is 0.161. The fraction of sp³-hybridized carbons (Fsp3) is 0.500. The van der Waals surface area contributed by atoms with Gasteiger partial charge in [0.2, 0.25) is 0 Å². The summed E-state index contributed by atoms with van der Waals surface area (Å²) < 4.78 is 5.47. The van der Waals surface area contributed by atoms with Crippen LogP contribution >= 0.6 is 11.8 Å². The number of hydrogen-bond donors (Lipinski definition) is 2. The number of aliphatic hydroxyl groups excluding tert-OH is 1. The molecule has 0 aliphatic carbocycles. The number of nitrogens with one attached hydrogen (secondary N) is 1. The molecule has 2 rings (SSSR count). The van der Waals surface area contributed by atoms with Gasteiger partial charge in [-0.25, -0.2) is 9.78 Å². The van der Waals surface area contributed by atoms with Gasteiger partial charge < -0.3 is 14.8 Å². The number of ether oxygens (including phenoxy) is 1. The van der Waals surface area contributed by atoms with Crippen molar-refractivity contribution >= 4 is 11.8 Å². The quantitative estimate of drug-likeness (QED) is 0.718. The minimum Gasteiger partial charge on any atom is -0.393 e. The molecule has 1 fully saturated rings. The minimum atomic E-state index is -0.372. The first kappa shape index (κ1) is 9.70. The molecule has 2 atom stereocenters. The van der Waals surface area contributed by atoms with Crippen molar-refractivity contribution < 1.29 is 9.84 Å². The van der Waals surface area contributed by atoms with Gasteiger partial charge in [-0.15, -0.1) is 11.8 Å². The molecule has 6 heteroatoms. The van der Waals surface area contributed by atoms with Crippen LogP contribution in [0.2, 0.25) is 0 Å². The maximum atomic E-state index is 10.9. The van der Waals surface area contributed by atoms with Gasteiger partial charge in [-0.05, 0) is 6.07 Å². The third-order valence-electron chi connectivity index (χ3n) is 1.94. The number of H-pyrrole nitrogens is 1. The van der Waals surface area contributed by atoms with Crippen LogP contribution in [-0.4, -0.2) is 32.9 Å². The third-order valence-corrected chi connectivity index (χ3v) is 3.07. The molecule has 0 spiro atoms. The molecule has 1 saturated heterocycles. The molecule has 2 heterocycles. The molecule has 76 valence electrons. The van der Waals surface area contributed by atoms with Crippen LogP contribution in [0.4, 0.5) is 0 Å². The van der Waals surface area contributed by atoms with E-state index in [1.165, 1.54) is 18.0 Å². The van der Waals surface area contributed by atoms with Crippen molar-refractivity contribution in [2.75, 3.05) is 12.4 Å². The number of hydrogen-bond acceptors (Lipinski definition) is 5. The number of thioether (sulfide) groups is 1. The van der Waals surface area contributed by atoms with Crippen molar-refractivity contribution in [3.8, 4) is 0 Å². The van der Waals surface area contributed by atoms with Crippen LogP contribution < -0.4 is 5.69 Å². The van der Waals surface area contributed by atoms with E-state index in [1.807, 2.05) is 0 Å². The molecule has 1 aliphatic rings. The highest BCUT2D eigenvalue weighted by atomic mass is 32.2. The predicted molar refractivity (Wildman–Crippen MR) is 52.0 cm³/mol. The lowest BCUT2D eigenvalue weighted by molar-refractivity contribution is 0.0322. The lowest BCUT2D eigenvalue weighted by Gasteiger charge is -2.09. The summed E-state index contributed by atoms with van der Waals surface area (Å²) in [5.74, 6) is 0.741. The summed E-state index contributed by atoms with van der Waals surface area (Å²) in [7, 11) is 0. The van der Waals surface area contributed by atoms with Crippen molar-refractivity contribution in [1.29, 1.82) is 0 Å². The van der Waals surface area contributed by atoms with Crippen molar-refractivity contribution in [3.05, 3.63) is 28.4 Å². The number of aromatic amines is 1. The molecule has 1 aliphatic heterocycles. The molecule has 2 N–H and O–H groups in total. The van der Waals surface area contributed by atoms with Gasteiger partial charge in [0.1, 0.15) is 11.5 Å². The predicted octanol–water partition coefficient (Wildman–Crippen LogP) is -0.107. The average molecular weight is 214 g/mol. The van der Waals surface area contributed by atoms with E-state index in [0.29, 0.717) is 5.69 Å². The van der Waals surface area contributed by atoms with Crippen LogP contribution in [-0.2, 0) is 4.74 Å². The van der Waals surface area contributed by atoms with E-state index in [4.69, 9.17) is 9.84 Å². The number of nitrogens with zero attached hydrogens (tertiary/aromatic N) is 1. The highest BCUT2D eigenvalue weighted by Gasteiger charge is 2.26. The molecular formula is C8H10N2O3S. The maximum Gasteiger partial charge on any atom is 0.345 e. The Bertz CT molecular complexity index is 368. The molecule has 14 heavy (non-hydrogen) atoms. The Kier molecular flexibility index (Phi) is 2.85. The van der Waals surface area contributed by atoms with Crippen molar-refractivity contribution in [1.82, 2.24) is 9.97 Å². The standard InChI is InChI=1S/C8H10N2O3S/c11-3-7-13-6(4-14-7)5-1-2-9-8(12)10-5/h1-2,6-7,11H,3-4H2,(H,9,10,12)/t6-,7-/m1/s1. The lowest BCUT2D eigenvalue weighted by atomic mass is 10.3. The van der Waals surface area contributed by atoms with Gasteiger partial charge >= 0.3 is 5.69 Å². The molecule has 0 saturated carbocycles. The molecule has 0 aromatic carbocycles. The van der Waals surface area contributed by atoms with E-state index in [0.717, 1.165) is 5.75 Å². The zero-order chi connectivity index (χ0) is 9.97. The van der Waals surface area contributed by atoms with Gasteiger partial charge in [0, 0.05) is 11.9 Å². The largest absolute Gasteiger partial charge is 0.393 e. The van der Waals surface area contributed by atoms with Gasteiger partial charge in [0.05, 0.1) is 12.3 Å². The van der Waals surface area contributed by atoms with Crippen molar-refractivity contribution in [3.63, 3.8) is 0 Å². The van der Waals surface area contributed by atoms with E-state index < -0.39 is 0 Å². The molecule has 1 aromatic rings. The fourth-order valence-corrected chi connectivity index (χ4v) is 2.25. The highest BCUT2D eigenvalue weighted by Crippen LogP contribution is 2.33. The van der Waals surface area contributed by atoms with Gasteiger partial charge in [-0.3, -0.25) is 0 Å². The van der Waals surface area contributed by atoms with Crippen LogP contribution in [0.3, 0.4) is 0 Å².